The molecule has 0 saturated heterocycles. The molecule has 0 atom stereocenters. The number of methoxy groups -OCH3 is 1. The van der Waals surface area contributed by atoms with Crippen LogP contribution in [0.3, 0.4) is 0 Å². The second kappa shape index (κ2) is 7.90. The van der Waals surface area contributed by atoms with Crippen molar-refractivity contribution in [1.82, 2.24) is 5.32 Å². The molecule has 0 spiro atoms. The molecule has 1 N–H and O–H groups in total. The van der Waals surface area contributed by atoms with E-state index in [-0.39, 0.29) is 0 Å². The minimum Gasteiger partial charge on any atom is -0.493 e. The van der Waals surface area contributed by atoms with Crippen LogP contribution in [-0.4, -0.2) is 19.3 Å². The Morgan fingerprint density at radius 1 is 1.24 bits per heavy atom. The van der Waals surface area contributed by atoms with Gasteiger partial charge in [0.15, 0.2) is 11.5 Å². The minimum atomic E-state index is 0.298. The number of hydrogen-bond donors (Lipinski definition) is 1. The van der Waals surface area contributed by atoms with Crippen molar-refractivity contribution >= 4 is 11.6 Å². The van der Waals surface area contributed by atoms with Gasteiger partial charge in [-0.3, -0.25) is 0 Å². The van der Waals surface area contributed by atoms with Gasteiger partial charge in [0.05, 0.1) is 13.2 Å². The summed E-state index contributed by atoms with van der Waals surface area (Å²) in [5.74, 6) is 1.58. The molecule has 118 valence electrons. The highest BCUT2D eigenvalue weighted by atomic mass is 35.5. The van der Waals surface area contributed by atoms with E-state index in [1.165, 1.54) is 19.3 Å². The molecule has 0 aliphatic heterocycles. The second-order valence-corrected chi connectivity index (χ2v) is 6.45. The van der Waals surface area contributed by atoms with Gasteiger partial charge < -0.3 is 14.8 Å². The number of hydrogen-bond acceptors (Lipinski definition) is 3. The maximum atomic E-state index is 6.27. The molecule has 1 aliphatic rings. The van der Waals surface area contributed by atoms with Crippen molar-refractivity contribution in [2.24, 2.45) is 0 Å². The zero-order valence-corrected chi connectivity index (χ0v) is 14.0. The molecule has 1 aliphatic carbocycles. The lowest BCUT2D eigenvalue weighted by atomic mass is 9.97. The van der Waals surface area contributed by atoms with E-state index in [1.54, 1.807) is 7.11 Å². The van der Waals surface area contributed by atoms with Crippen molar-refractivity contribution in [3.05, 3.63) is 22.7 Å². The standard InChI is InChI=1S/C17H26ClNO2/c1-12(2)19-11-13-9-14(18)10-16(20-3)17(13)21-15-7-5-4-6-8-15/h9-10,12,15,19H,4-8,11H2,1-3H3. The number of halogens is 1. The van der Waals surface area contributed by atoms with Gasteiger partial charge in [0.25, 0.3) is 0 Å². The minimum absolute atomic E-state index is 0.298. The van der Waals surface area contributed by atoms with E-state index in [9.17, 15) is 0 Å². The Labute approximate surface area is 133 Å². The molecule has 0 radical (unpaired) electrons. The Morgan fingerprint density at radius 3 is 2.57 bits per heavy atom. The third-order valence-electron chi connectivity index (χ3n) is 3.85. The first-order chi connectivity index (χ1) is 10.1. The Balaban J connectivity index is 2.21. The topological polar surface area (TPSA) is 30.5 Å². The molecule has 1 aromatic rings. The summed E-state index contributed by atoms with van der Waals surface area (Å²) >= 11 is 6.20. The number of ether oxygens (including phenoxy) is 2. The van der Waals surface area contributed by atoms with Crippen molar-refractivity contribution in [1.29, 1.82) is 0 Å². The van der Waals surface area contributed by atoms with Crippen molar-refractivity contribution in [3.63, 3.8) is 0 Å². The molecular weight excluding hydrogens is 286 g/mol. The number of nitrogens with one attached hydrogen (secondary N) is 1. The lowest BCUT2D eigenvalue weighted by Crippen LogP contribution is -2.24. The van der Waals surface area contributed by atoms with E-state index in [0.717, 1.165) is 36.4 Å². The van der Waals surface area contributed by atoms with Crippen LogP contribution in [0.25, 0.3) is 0 Å². The molecule has 0 unspecified atom stereocenters. The summed E-state index contributed by atoms with van der Waals surface area (Å²) in [6, 6.07) is 4.22. The zero-order chi connectivity index (χ0) is 15.2. The Bertz CT molecular complexity index is 456. The van der Waals surface area contributed by atoms with Gasteiger partial charge in [0.2, 0.25) is 0 Å². The van der Waals surface area contributed by atoms with E-state index >= 15 is 0 Å². The van der Waals surface area contributed by atoms with Gasteiger partial charge >= 0.3 is 0 Å². The highest BCUT2D eigenvalue weighted by molar-refractivity contribution is 6.30. The predicted octanol–water partition coefficient (Wildman–Crippen LogP) is 4.56. The van der Waals surface area contributed by atoms with E-state index in [4.69, 9.17) is 21.1 Å². The number of benzene rings is 1. The molecule has 1 fully saturated rings. The van der Waals surface area contributed by atoms with Crippen LogP contribution in [0.5, 0.6) is 11.5 Å². The maximum Gasteiger partial charge on any atom is 0.166 e. The first-order valence-corrected chi connectivity index (χ1v) is 8.24. The van der Waals surface area contributed by atoms with Gasteiger partial charge in [-0.25, -0.2) is 0 Å². The summed E-state index contributed by atoms with van der Waals surface area (Å²) in [4.78, 5) is 0. The SMILES string of the molecule is COc1cc(Cl)cc(CNC(C)C)c1OC1CCCCC1. The largest absolute Gasteiger partial charge is 0.493 e. The molecule has 1 saturated carbocycles. The number of rotatable bonds is 6. The third kappa shape index (κ3) is 4.79. The highest BCUT2D eigenvalue weighted by Gasteiger charge is 2.20. The van der Waals surface area contributed by atoms with Gasteiger partial charge in [-0.05, 0) is 31.7 Å². The van der Waals surface area contributed by atoms with E-state index in [2.05, 4.69) is 19.2 Å². The van der Waals surface area contributed by atoms with Gasteiger partial charge in [-0.2, -0.15) is 0 Å². The van der Waals surface area contributed by atoms with Crippen LogP contribution in [0.1, 0.15) is 51.5 Å². The van der Waals surface area contributed by atoms with E-state index in [0.29, 0.717) is 17.2 Å². The fourth-order valence-electron chi connectivity index (χ4n) is 2.70. The Kier molecular flexibility index (Phi) is 6.19. The summed E-state index contributed by atoms with van der Waals surface area (Å²) in [6.07, 6.45) is 6.37. The second-order valence-electron chi connectivity index (χ2n) is 6.01. The molecule has 0 aromatic heterocycles. The van der Waals surface area contributed by atoms with Crippen LogP contribution in [0, 0.1) is 0 Å². The molecule has 0 heterocycles. The highest BCUT2D eigenvalue weighted by Crippen LogP contribution is 2.37. The monoisotopic (exact) mass is 311 g/mol. The van der Waals surface area contributed by atoms with Gasteiger partial charge in [0.1, 0.15) is 0 Å². The average Bonchev–Trinajstić information content (AvgIpc) is 2.48. The molecule has 0 bridgehead atoms. The lowest BCUT2D eigenvalue weighted by Gasteiger charge is -2.26. The van der Waals surface area contributed by atoms with Crippen molar-refractivity contribution in [3.8, 4) is 11.5 Å². The quantitative estimate of drug-likeness (QED) is 0.835. The van der Waals surface area contributed by atoms with Crippen molar-refractivity contribution in [2.45, 2.75) is 64.6 Å². The zero-order valence-electron chi connectivity index (χ0n) is 13.2. The maximum absolute atomic E-state index is 6.27. The van der Waals surface area contributed by atoms with Crippen molar-refractivity contribution in [2.75, 3.05) is 7.11 Å². The van der Waals surface area contributed by atoms with Crippen LogP contribution in [0.4, 0.5) is 0 Å². The summed E-state index contributed by atoms with van der Waals surface area (Å²) < 4.78 is 11.8. The fraction of sp³-hybridized carbons (Fsp3) is 0.647. The van der Waals surface area contributed by atoms with Crippen LogP contribution in [0.15, 0.2) is 12.1 Å². The lowest BCUT2D eigenvalue weighted by molar-refractivity contribution is 0.148. The summed E-state index contributed by atoms with van der Waals surface area (Å²) in [6.45, 7) is 4.99. The van der Waals surface area contributed by atoms with Crippen LogP contribution >= 0.6 is 11.6 Å². The molecule has 1 aromatic carbocycles. The van der Waals surface area contributed by atoms with E-state index in [1.807, 2.05) is 12.1 Å². The van der Waals surface area contributed by atoms with Crippen molar-refractivity contribution < 1.29 is 9.47 Å². The molecule has 4 heteroatoms. The molecule has 21 heavy (non-hydrogen) atoms. The first kappa shape index (κ1) is 16.4. The summed E-state index contributed by atoms with van der Waals surface area (Å²) in [7, 11) is 1.67. The molecular formula is C17H26ClNO2. The molecule has 0 amide bonds. The normalized spacial score (nSPS) is 16.2. The van der Waals surface area contributed by atoms with Gasteiger partial charge in [-0.15, -0.1) is 0 Å². The summed E-state index contributed by atoms with van der Waals surface area (Å²) in [5, 5.41) is 4.11. The van der Waals surface area contributed by atoms with Gasteiger partial charge in [0, 0.05) is 29.2 Å². The van der Waals surface area contributed by atoms with Crippen LogP contribution in [0.2, 0.25) is 5.02 Å². The smallest absolute Gasteiger partial charge is 0.166 e. The molecule has 2 rings (SSSR count). The first-order valence-electron chi connectivity index (χ1n) is 7.86. The Morgan fingerprint density at radius 2 is 1.95 bits per heavy atom. The molecule has 3 nitrogen and oxygen atoms in total. The fourth-order valence-corrected chi connectivity index (χ4v) is 2.93. The van der Waals surface area contributed by atoms with Crippen LogP contribution in [-0.2, 0) is 6.54 Å². The van der Waals surface area contributed by atoms with Crippen LogP contribution < -0.4 is 14.8 Å². The third-order valence-corrected chi connectivity index (χ3v) is 4.07. The van der Waals surface area contributed by atoms with E-state index < -0.39 is 0 Å². The van der Waals surface area contributed by atoms with Gasteiger partial charge in [-0.1, -0.05) is 31.9 Å². The average molecular weight is 312 g/mol. The Hall–Kier alpha value is -0.930. The predicted molar refractivity (Wildman–Crippen MR) is 87.5 cm³/mol. The summed E-state index contributed by atoms with van der Waals surface area (Å²) in [5.41, 5.74) is 1.07.